The van der Waals surface area contributed by atoms with E-state index in [-0.39, 0.29) is 42.9 Å². The van der Waals surface area contributed by atoms with Crippen molar-refractivity contribution in [3.63, 3.8) is 0 Å². The second kappa shape index (κ2) is 46.7. The highest BCUT2D eigenvalue weighted by atomic mass is 16.2. The fourth-order valence-electron chi connectivity index (χ4n) is 8.33. The van der Waals surface area contributed by atoms with Crippen molar-refractivity contribution in [2.45, 2.75) is 7.43 Å². The van der Waals surface area contributed by atoms with Crippen LogP contribution in [0, 0.1) is 0 Å². The van der Waals surface area contributed by atoms with Crippen LogP contribution in [0.15, 0.2) is 0 Å². The Morgan fingerprint density at radius 3 is 0.418 bits per heavy atom. The number of amides is 6. The van der Waals surface area contributed by atoms with Crippen molar-refractivity contribution in [2.24, 2.45) is 0 Å². The van der Waals surface area contributed by atoms with E-state index in [1.165, 1.54) is 0 Å². The second-order valence-corrected chi connectivity index (χ2v) is 20.3. The lowest BCUT2D eigenvalue weighted by atomic mass is 10.3. The number of carbonyl (C=O) groups is 6. The Bertz CT molecular complexity index is 1290. The normalized spacial score (nSPS) is 19.9. The number of hydrogen-bond donors (Lipinski definition) is 12. The molecular weight excluding hydrogens is 1020 g/mol. The third-order valence-corrected chi connectivity index (χ3v) is 13.4. The number of likely N-dealkylation sites (N-methyl/N-ethyl adjacent to an activating group) is 6. The molecule has 6 aliphatic rings. The van der Waals surface area contributed by atoms with Gasteiger partial charge in [-0.2, -0.15) is 0 Å². The molecule has 0 saturated carbocycles. The van der Waals surface area contributed by atoms with Gasteiger partial charge in [0.05, 0.1) is 39.3 Å². The van der Waals surface area contributed by atoms with E-state index < -0.39 is 0 Å². The molecule has 6 saturated heterocycles. The van der Waals surface area contributed by atoms with Gasteiger partial charge in [0.1, 0.15) is 0 Å². The van der Waals surface area contributed by atoms with Crippen LogP contribution in [-0.4, -0.2) is 375 Å². The van der Waals surface area contributed by atoms with Crippen LogP contribution in [0.2, 0.25) is 0 Å². The molecule has 6 amide bonds. The zero-order valence-electron chi connectivity index (χ0n) is 50.0. The minimum Gasteiger partial charge on any atom is -0.304 e. The fraction of sp³-hybridized carbons (Fsp3) is 0.878. The lowest BCUT2D eigenvalue weighted by Crippen LogP contribution is -2.49. The SMILES string of the molecule is C.CNNC(=O)CN1CCN(C)CC1.CNNC(=O)CN1CCN(C)CC1.CNNC(=O)CN1CCN(C)CC1.CNNC(=O)CN1CCN(C)CC1.CNNC(=O)CN1CCN(C)CC1.CNNC(=O)CN1CCN(C)CC1. The van der Waals surface area contributed by atoms with E-state index in [0.29, 0.717) is 39.3 Å². The number of carbonyl (C=O) groups excluding carboxylic acids is 6. The molecule has 0 aromatic heterocycles. The summed E-state index contributed by atoms with van der Waals surface area (Å²) in [7, 11) is 22.8. The summed E-state index contributed by atoms with van der Waals surface area (Å²) in [6, 6.07) is 0. The first-order valence-corrected chi connectivity index (χ1v) is 27.5. The molecule has 6 rings (SSSR count). The zero-order valence-corrected chi connectivity index (χ0v) is 50.0. The van der Waals surface area contributed by atoms with Crippen molar-refractivity contribution >= 4 is 35.4 Å². The second-order valence-electron chi connectivity index (χ2n) is 20.3. The maximum Gasteiger partial charge on any atom is 0.248 e. The van der Waals surface area contributed by atoms with E-state index in [0.717, 1.165) is 157 Å². The Labute approximate surface area is 475 Å². The molecule has 0 spiro atoms. The number of rotatable bonds is 18. The summed E-state index contributed by atoms with van der Waals surface area (Å²) in [4.78, 5) is 93.6. The van der Waals surface area contributed by atoms with Gasteiger partial charge in [0, 0.05) is 199 Å². The summed E-state index contributed by atoms with van der Waals surface area (Å²) < 4.78 is 0. The van der Waals surface area contributed by atoms with Crippen LogP contribution in [0.5, 0.6) is 0 Å². The molecule has 0 unspecified atom stereocenters. The van der Waals surface area contributed by atoms with Crippen LogP contribution in [0.4, 0.5) is 0 Å². The van der Waals surface area contributed by atoms with Gasteiger partial charge >= 0.3 is 0 Å². The first-order valence-electron chi connectivity index (χ1n) is 27.5. The van der Waals surface area contributed by atoms with Gasteiger partial charge in [-0.15, -0.1) is 0 Å². The Hall–Kier alpha value is -3.90. The maximum absolute atomic E-state index is 11.2. The molecule has 12 N–H and O–H groups in total. The summed E-state index contributed by atoms with van der Waals surface area (Å²) in [5.74, 6) is 0.206. The molecule has 6 fully saturated rings. The highest BCUT2D eigenvalue weighted by Gasteiger charge is 2.20. The van der Waals surface area contributed by atoms with Gasteiger partial charge in [0.2, 0.25) is 35.4 Å². The molecule has 30 nitrogen and oxygen atoms in total. The Balaban J connectivity index is 0.000000922. The third kappa shape index (κ3) is 40.0. The van der Waals surface area contributed by atoms with Crippen molar-refractivity contribution in [3.8, 4) is 0 Å². The maximum atomic E-state index is 11.2. The number of hydrazine groups is 6. The smallest absolute Gasteiger partial charge is 0.248 e. The molecule has 0 radical (unpaired) electrons. The minimum atomic E-state index is 0. The van der Waals surface area contributed by atoms with Gasteiger partial charge in [0.15, 0.2) is 0 Å². The largest absolute Gasteiger partial charge is 0.304 e. The van der Waals surface area contributed by atoms with Gasteiger partial charge in [-0.1, -0.05) is 7.43 Å². The average Bonchev–Trinajstić information content (AvgIpc) is 3.40. The Morgan fingerprint density at radius 1 is 0.228 bits per heavy atom. The van der Waals surface area contributed by atoms with Crippen LogP contribution >= 0.6 is 0 Å². The van der Waals surface area contributed by atoms with Crippen LogP contribution in [0.25, 0.3) is 0 Å². The zero-order chi connectivity index (χ0) is 58.1. The number of hydrogen-bond acceptors (Lipinski definition) is 24. The average molecular weight is 1130 g/mol. The molecule has 0 aromatic rings. The lowest BCUT2D eigenvalue weighted by Gasteiger charge is -2.31. The topological polar surface area (TPSA) is 286 Å². The predicted octanol–water partition coefficient (Wildman–Crippen LogP) is -8.46. The first-order chi connectivity index (χ1) is 37.3. The Kier molecular flexibility index (Phi) is 44.4. The van der Waals surface area contributed by atoms with E-state index in [2.05, 4.69) is 166 Å². The third-order valence-electron chi connectivity index (χ3n) is 13.4. The van der Waals surface area contributed by atoms with E-state index in [1.54, 1.807) is 42.3 Å². The highest BCUT2D eigenvalue weighted by molar-refractivity contribution is 5.79. The van der Waals surface area contributed by atoms with Crippen molar-refractivity contribution in [3.05, 3.63) is 0 Å². The van der Waals surface area contributed by atoms with Crippen LogP contribution in [0.1, 0.15) is 7.43 Å². The van der Waals surface area contributed by atoms with Crippen LogP contribution in [0.3, 0.4) is 0 Å². The number of nitrogens with zero attached hydrogens (tertiary/aromatic N) is 12. The van der Waals surface area contributed by atoms with Gasteiger partial charge in [-0.3, -0.25) is 90.7 Å². The molecule has 464 valence electrons. The summed E-state index contributed by atoms with van der Waals surface area (Å²) in [6.45, 7) is 27.3. The number of nitrogens with one attached hydrogen (secondary N) is 12. The standard InChI is InChI=1S/6C8H18N4O.CH4/c6*1-9-10-8(13)7-12-5-3-11(2)4-6-12;/h6*9H,3-7H2,1-2H3,(H,10,13);1H4. The molecular formula is C49H112N24O6. The quantitative estimate of drug-likeness (QED) is 0.0568. The molecule has 6 aliphatic heterocycles. The van der Waals surface area contributed by atoms with E-state index in [4.69, 9.17) is 0 Å². The summed E-state index contributed by atoms with van der Waals surface area (Å²) in [6.07, 6.45) is 0. The summed E-state index contributed by atoms with van der Waals surface area (Å²) in [5, 5.41) is 0. The van der Waals surface area contributed by atoms with E-state index in [9.17, 15) is 28.8 Å². The molecule has 30 heteroatoms. The van der Waals surface area contributed by atoms with Crippen LogP contribution in [-0.2, 0) is 28.8 Å². The fourth-order valence-corrected chi connectivity index (χ4v) is 8.33. The van der Waals surface area contributed by atoms with Crippen molar-refractivity contribution in [1.29, 1.82) is 0 Å². The Morgan fingerprint density at radius 2 is 0.329 bits per heavy atom. The first kappa shape index (κ1) is 75.1. The van der Waals surface area contributed by atoms with Gasteiger partial charge in [-0.05, 0) is 42.3 Å². The van der Waals surface area contributed by atoms with E-state index >= 15 is 0 Å². The summed E-state index contributed by atoms with van der Waals surface area (Å²) >= 11 is 0. The highest BCUT2D eigenvalue weighted by Crippen LogP contribution is 2.02. The lowest BCUT2D eigenvalue weighted by molar-refractivity contribution is -0.124. The van der Waals surface area contributed by atoms with Crippen molar-refractivity contribution in [1.82, 2.24) is 124 Å². The monoisotopic (exact) mass is 1130 g/mol. The van der Waals surface area contributed by atoms with Gasteiger partial charge < -0.3 is 29.4 Å². The minimum absolute atomic E-state index is 0. The molecule has 6 heterocycles. The predicted molar refractivity (Wildman–Crippen MR) is 314 cm³/mol. The van der Waals surface area contributed by atoms with Crippen molar-refractivity contribution < 1.29 is 28.8 Å². The van der Waals surface area contributed by atoms with E-state index in [1.807, 2.05) is 0 Å². The van der Waals surface area contributed by atoms with Crippen LogP contribution < -0.4 is 65.1 Å². The molecule has 0 aliphatic carbocycles. The number of piperazine rings is 6. The van der Waals surface area contributed by atoms with Gasteiger partial charge in [-0.25, -0.2) is 32.6 Å². The molecule has 0 atom stereocenters. The summed E-state index contributed by atoms with van der Waals surface area (Å²) in [5.41, 5.74) is 31.1. The van der Waals surface area contributed by atoms with Crippen molar-refractivity contribution in [2.75, 3.05) is 281 Å². The van der Waals surface area contributed by atoms with Gasteiger partial charge in [0.25, 0.3) is 0 Å². The molecule has 0 bridgehead atoms. The molecule has 0 aromatic carbocycles. The molecule has 79 heavy (non-hydrogen) atoms.